The van der Waals surface area contributed by atoms with Gasteiger partial charge in [0.05, 0.1) is 14.2 Å². The molecule has 0 aliphatic carbocycles. The van der Waals surface area contributed by atoms with E-state index in [9.17, 15) is 0 Å². The maximum Gasteiger partial charge on any atom is 0.163 e. The van der Waals surface area contributed by atoms with Gasteiger partial charge in [-0.05, 0) is 24.6 Å². The number of terminal acetylenes is 1. The third-order valence-electron chi connectivity index (χ3n) is 1.83. The molecule has 68 valence electrons. The van der Waals surface area contributed by atoms with E-state index in [1.165, 1.54) is 0 Å². The first kappa shape index (κ1) is 9.47. The van der Waals surface area contributed by atoms with Crippen LogP contribution >= 0.6 is 0 Å². The van der Waals surface area contributed by atoms with Crippen LogP contribution in [0.25, 0.3) is 0 Å². The Hall–Kier alpha value is -1.62. The molecule has 1 aromatic carbocycles. The Kier molecular flexibility index (Phi) is 2.81. The molecule has 0 unspecified atom stereocenters. The number of methoxy groups -OCH3 is 2. The van der Waals surface area contributed by atoms with Crippen molar-refractivity contribution >= 4 is 0 Å². The molecule has 0 aliphatic rings. The average molecular weight is 176 g/mol. The van der Waals surface area contributed by atoms with E-state index in [1.807, 2.05) is 13.0 Å². The van der Waals surface area contributed by atoms with Crippen molar-refractivity contribution in [3.05, 3.63) is 23.3 Å². The van der Waals surface area contributed by atoms with E-state index in [4.69, 9.17) is 15.9 Å². The van der Waals surface area contributed by atoms with Gasteiger partial charge in [-0.15, -0.1) is 6.42 Å². The Morgan fingerprint density at radius 2 is 1.92 bits per heavy atom. The van der Waals surface area contributed by atoms with Crippen LogP contribution in [0.15, 0.2) is 12.1 Å². The second-order valence-corrected chi connectivity index (χ2v) is 2.67. The summed E-state index contributed by atoms with van der Waals surface area (Å²) in [7, 11) is 3.21. The van der Waals surface area contributed by atoms with Gasteiger partial charge in [0.15, 0.2) is 11.5 Å². The van der Waals surface area contributed by atoms with Crippen LogP contribution in [0.1, 0.15) is 11.1 Å². The van der Waals surface area contributed by atoms with Gasteiger partial charge in [-0.2, -0.15) is 0 Å². The van der Waals surface area contributed by atoms with E-state index < -0.39 is 0 Å². The van der Waals surface area contributed by atoms with Gasteiger partial charge in [-0.1, -0.05) is 5.92 Å². The quantitative estimate of drug-likeness (QED) is 0.641. The summed E-state index contributed by atoms with van der Waals surface area (Å²) in [5, 5.41) is 0. The maximum absolute atomic E-state index is 5.29. The van der Waals surface area contributed by atoms with Crippen molar-refractivity contribution in [3.63, 3.8) is 0 Å². The van der Waals surface area contributed by atoms with Crippen LogP contribution in [0.3, 0.4) is 0 Å². The van der Waals surface area contributed by atoms with Crippen LogP contribution in [0.4, 0.5) is 0 Å². The predicted molar refractivity (Wildman–Crippen MR) is 52.2 cm³/mol. The van der Waals surface area contributed by atoms with E-state index in [0.29, 0.717) is 5.75 Å². The van der Waals surface area contributed by atoms with Crippen LogP contribution in [0.5, 0.6) is 11.5 Å². The lowest BCUT2D eigenvalue weighted by molar-refractivity contribution is 0.353. The van der Waals surface area contributed by atoms with Gasteiger partial charge in [0.2, 0.25) is 0 Å². The van der Waals surface area contributed by atoms with Crippen LogP contribution in [0, 0.1) is 19.3 Å². The first-order valence-electron chi connectivity index (χ1n) is 3.92. The minimum absolute atomic E-state index is 0.676. The molecule has 0 amide bonds. The normalized spacial score (nSPS) is 9.08. The van der Waals surface area contributed by atoms with Gasteiger partial charge in [0, 0.05) is 5.56 Å². The van der Waals surface area contributed by atoms with Gasteiger partial charge in [0.25, 0.3) is 0 Å². The fraction of sp³-hybridized carbons (Fsp3) is 0.273. The second-order valence-electron chi connectivity index (χ2n) is 2.67. The van der Waals surface area contributed by atoms with E-state index in [1.54, 1.807) is 20.3 Å². The molecule has 13 heavy (non-hydrogen) atoms. The largest absolute Gasteiger partial charge is 0.493 e. The number of hydrogen-bond acceptors (Lipinski definition) is 2. The van der Waals surface area contributed by atoms with Crippen molar-refractivity contribution in [1.82, 2.24) is 0 Å². The molecule has 0 heterocycles. The van der Waals surface area contributed by atoms with Crippen molar-refractivity contribution in [1.29, 1.82) is 0 Å². The van der Waals surface area contributed by atoms with E-state index in [0.717, 1.165) is 16.9 Å². The maximum atomic E-state index is 5.29. The van der Waals surface area contributed by atoms with Crippen molar-refractivity contribution in [3.8, 4) is 23.8 Å². The van der Waals surface area contributed by atoms with Crippen LogP contribution < -0.4 is 9.47 Å². The highest BCUT2D eigenvalue weighted by Crippen LogP contribution is 2.31. The fourth-order valence-corrected chi connectivity index (χ4v) is 1.24. The molecule has 1 rings (SSSR count). The highest BCUT2D eigenvalue weighted by molar-refractivity contribution is 5.52. The minimum Gasteiger partial charge on any atom is -0.493 e. The molecule has 0 aliphatic heterocycles. The summed E-state index contributed by atoms with van der Waals surface area (Å²) in [5.74, 6) is 3.97. The summed E-state index contributed by atoms with van der Waals surface area (Å²) in [6.07, 6.45) is 5.29. The van der Waals surface area contributed by atoms with Crippen molar-refractivity contribution < 1.29 is 9.47 Å². The smallest absolute Gasteiger partial charge is 0.163 e. The fourth-order valence-electron chi connectivity index (χ4n) is 1.24. The summed E-state index contributed by atoms with van der Waals surface area (Å²) in [6.45, 7) is 1.93. The van der Waals surface area contributed by atoms with E-state index in [2.05, 4.69) is 5.92 Å². The molecule has 0 atom stereocenters. The zero-order valence-electron chi connectivity index (χ0n) is 8.05. The number of rotatable bonds is 2. The number of ether oxygens (including phenoxy) is 2. The monoisotopic (exact) mass is 176 g/mol. The predicted octanol–water partition coefficient (Wildman–Crippen LogP) is 1.99. The van der Waals surface area contributed by atoms with Crippen LogP contribution in [-0.2, 0) is 0 Å². The highest BCUT2D eigenvalue weighted by atomic mass is 16.5. The standard InChI is InChI=1S/C11H12O2/c1-5-9-6-8(2)11(13-4)10(7-9)12-3/h1,6-7H,2-4H3. The first-order chi connectivity index (χ1) is 6.22. The SMILES string of the molecule is C#Cc1cc(C)c(OC)c(OC)c1. The summed E-state index contributed by atoms with van der Waals surface area (Å²) in [5.41, 5.74) is 1.78. The average Bonchev–Trinajstić information content (AvgIpc) is 2.16. The molecule has 0 bridgehead atoms. The Balaban J connectivity index is 3.31. The van der Waals surface area contributed by atoms with Gasteiger partial charge in [-0.3, -0.25) is 0 Å². The Morgan fingerprint density at radius 3 is 2.38 bits per heavy atom. The van der Waals surface area contributed by atoms with Gasteiger partial charge in [0.1, 0.15) is 0 Å². The van der Waals surface area contributed by atoms with E-state index >= 15 is 0 Å². The molecule has 0 radical (unpaired) electrons. The highest BCUT2D eigenvalue weighted by Gasteiger charge is 2.07. The van der Waals surface area contributed by atoms with Crippen molar-refractivity contribution in [2.24, 2.45) is 0 Å². The van der Waals surface area contributed by atoms with Crippen LogP contribution in [-0.4, -0.2) is 14.2 Å². The third kappa shape index (κ3) is 1.75. The van der Waals surface area contributed by atoms with Gasteiger partial charge in [-0.25, -0.2) is 0 Å². The summed E-state index contributed by atoms with van der Waals surface area (Å²) in [6, 6.07) is 3.67. The Bertz CT molecular complexity index is 348. The third-order valence-corrected chi connectivity index (χ3v) is 1.83. The number of hydrogen-bond donors (Lipinski definition) is 0. The Labute approximate surface area is 78.5 Å². The molecule has 0 spiro atoms. The molecule has 2 heteroatoms. The lowest BCUT2D eigenvalue weighted by Crippen LogP contribution is -1.94. The Morgan fingerprint density at radius 1 is 1.23 bits per heavy atom. The summed E-state index contributed by atoms with van der Waals surface area (Å²) < 4.78 is 10.3. The molecule has 2 nitrogen and oxygen atoms in total. The zero-order chi connectivity index (χ0) is 9.84. The lowest BCUT2D eigenvalue weighted by atomic mass is 10.1. The van der Waals surface area contributed by atoms with Gasteiger partial charge < -0.3 is 9.47 Å². The number of aryl methyl sites for hydroxylation is 1. The molecule has 1 aromatic rings. The van der Waals surface area contributed by atoms with Crippen molar-refractivity contribution in [2.45, 2.75) is 6.92 Å². The topological polar surface area (TPSA) is 18.5 Å². The first-order valence-corrected chi connectivity index (χ1v) is 3.92. The summed E-state index contributed by atoms with van der Waals surface area (Å²) >= 11 is 0. The minimum atomic E-state index is 0.676. The van der Waals surface area contributed by atoms with Crippen LogP contribution in [0.2, 0.25) is 0 Å². The van der Waals surface area contributed by atoms with E-state index in [-0.39, 0.29) is 0 Å². The number of benzene rings is 1. The molecular formula is C11H12O2. The molecule has 0 saturated carbocycles. The van der Waals surface area contributed by atoms with Crippen molar-refractivity contribution in [2.75, 3.05) is 14.2 Å². The molecule has 0 aromatic heterocycles. The summed E-state index contributed by atoms with van der Waals surface area (Å²) in [4.78, 5) is 0. The molecule has 0 fully saturated rings. The lowest BCUT2D eigenvalue weighted by Gasteiger charge is -2.10. The second kappa shape index (κ2) is 3.86. The zero-order valence-corrected chi connectivity index (χ0v) is 8.05. The molecule has 0 saturated heterocycles. The molecular weight excluding hydrogens is 164 g/mol. The molecule has 0 N–H and O–H groups in total. The van der Waals surface area contributed by atoms with Gasteiger partial charge >= 0.3 is 0 Å².